The molecule has 1 aliphatic rings. The van der Waals surface area contributed by atoms with E-state index in [1.54, 1.807) is 6.07 Å². The third-order valence-electron chi connectivity index (χ3n) is 4.66. The standard InChI is InChI=1S/C19H25N3O/c1-13-6-7-17(18(23)9-13)19-14(2)10-16(20-21-19)11-15-5-4-8-22(3)12-15/h6-7,9-10,15,23H,4-5,8,11-12H2,1-3H3/t15-/m1/s1. The highest BCUT2D eigenvalue weighted by atomic mass is 16.3. The number of hydrogen-bond donors (Lipinski definition) is 1. The largest absolute Gasteiger partial charge is 0.507 e. The summed E-state index contributed by atoms with van der Waals surface area (Å²) in [6, 6.07) is 7.79. The third-order valence-corrected chi connectivity index (χ3v) is 4.66. The van der Waals surface area contributed by atoms with Crippen molar-refractivity contribution in [2.45, 2.75) is 33.1 Å². The van der Waals surface area contributed by atoms with Gasteiger partial charge in [-0.2, -0.15) is 5.10 Å². The van der Waals surface area contributed by atoms with Crippen LogP contribution in [-0.2, 0) is 6.42 Å². The van der Waals surface area contributed by atoms with Gasteiger partial charge in [0.2, 0.25) is 0 Å². The molecule has 1 saturated heterocycles. The molecule has 0 saturated carbocycles. The Morgan fingerprint density at radius 2 is 2.04 bits per heavy atom. The maximum atomic E-state index is 10.2. The van der Waals surface area contributed by atoms with Gasteiger partial charge in [-0.3, -0.25) is 0 Å². The summed E-state index contributed by atoms with van der Waals surface area (Å²) in [6.45, 7) is 6.35. The van der Waals surface area contributed by atoms with Crippen LogP contribution in [0.1, 0.15) is 29.7 Å². The van der Waals surface area contributed by atoms with Crippen molar-refractivity contribution >= 4 is 0 Å². The molecule has 1 fully saturated rings. The number of aromatic nitrogens is 2. The minimum absolute atomic E-state index is 0.268. The van der Waals surface area contributed by atoms with E-state index in [-0.39, 0.29) is 5.75 Å². The normalized spacial score (nSPS) is 19.0. The van der Waals surface area contributed by atoms with Crippen LogP contribution in [-0.4, -0.2) is 40.3 Å². The molecule has 1 N–H and O–H groups in total. The Labute approximate surface area is 138 Å². The van der Waals surface area contributed by atoms with Crippen LogP contribution >= 0.6 is 0 Å². The maximum absolute atomic E-state index is 10.2. The maximum Gasteiger partial charge on any atom is 0.125 e. The van der Waals surface area contributed by atoms with Crippen LogP contribution < -0.4 is 0 Å². The second-order valence-electron chi connectivity index (χ2n) is 6.86. The predicted octanol–water partition coefficient (Wildman–Crippen LogP) is 3.35. The quantitative estimate of drug-likeness (QED) is 0.944. The fourth-order valence-electron chi connectivity index (χ4n) is 3.48. The number of phenols is 1. The van der Waals surface area contributed by atoms with Gasteiger partial charge in [0.05, 0.1) is 11.4 Å². The molecule has 0 aliphatic carbocycles. The molecule has 1 aromatic heterocycles. The lowest BCUT2D eigenvalue weighted by atomic mass is 9.93. The van der Waals surface area contributed by atoms with Crippen molar-refractivity contribution in [3.05, 3.63) is 41.1 Å². The van der Waals surface area contributed by atoms with Crippen molar-refractivity contribution in [3.8, 4) is 17.0 Å². The molecule has 4 nitrogen and oxygen atoms in total. The Morgan fingerprint density at radius 1 is 1.22 bits per heavy atom. The first-order chi connectivity index (χ1) is 11.0. The van der Waals surface area contributed by atoms with Crippen LogP contribution in [0.15, 0.2) is 24.3 Å². The summed E-state index contributed by atoms with van der Waals surface area (Å²) in [7, 11) is 2.19. The van der Waals surface area contributed by atoms with Gasteiger partial charge in [-0.25, -0.2) is 0 Å². The molecule has 0 bridgehead atoms. The summed E-state index contributed by atoms with van der Waals surface area (Å²) in [5, 5.41) is 19.0. The Kier molecular flexibility index (Phi) is 4.62. The van der Waals surface area contributed by atoms with Crippen LogP contribution in [0.3, 0.4) is 0 Å². The van der Waals surface area contributed by atoms with Gasteiger partial charge in [-0.05, 0) is 81.9 Å². The minimum Gasteiger partial charge on any atom is -0.507 e. The SMILES string of the molecule is Cc1ccc(-c2nnc(C[C@H]3CCCN(C)C3)cc2C)c(O)c1. The molecular weight excluding hydrogens is 286 g/mol. The molecule has 0 spiro atoms. The molecule has 2 heterocycles. The number of likely N-dealkylation sites (tertiary alicyclic amines) is 1. The molecule has 0 radical (unpaired) electrons. The van der Waals surface area contributed by atoms with Gasteiger partial charge in [0.15, 0.2) is 0 Å². The summed E-state index contributed by atoms with van der Waals surface area (Å²) in [4.78, 5) is 2.40. The smallest absolute Gasteiger partial charge is 0.125 e. The average Bonchev–Trinajstić information content (AvgIpc) is 2.48. The Balaban J connectivity index is 1.80. The fraction of sp³-hybridized carbons (Fsp3) is 0.474. The average molecular weight is 311 g/mol. The monoisotopic (exact) mass is 311 g/mol. The lowest BCUT2D eigenvalue weighted by Crippen LogP contribution is -2.33. The number of hydrogen-bond acceptors (Lipinski definition) is 4. The first-order valence-electron chi connectivity index (χ1n) is 8.34. The van der Waals surface area contributed by atoms with Crippen molar-refractivity contribution in [3.63, 3.8) is 0 Å². The second-order valence-corrected chi connectivity index (χ2v) is 6.86. The lowest BCUT2D eigenvalue weighted by molar-refractivity contribution is 0.208. The van der Waals surface area contributed by atoms with Crippen molar-refractivity contribution in [2.75, 3.05) is 20.1 Å². The number of nitrogens with zero attached hydrogens (tertiary/aromatic N) is 3. The van der Waals surface area contributed by atoms with E-state index in [9.17, 15) is 5.11 Å². The number of rotatable bonds is 3. The molecule has 4 heteroatoms. The van der Waals surface area contributed by atoms with Gasteiger partial charge >= 0.3 is 0 Å². The highest BCUT2D eigenvalue weighted by Gasteiger charge is 2.19. The number of piperidine rings is 1. The summed E-state index contributed by atoms with van der Waals surface area (Å²) in [6.07, 6.45) is 3.52. The highest BCUT2D eigenvalue weighted by Crippen LogP contribution is 2.30. The minimum atomic E-state index is 0.268. The van der Waals surface area contributed by atoms with Gasteiger partial charge in [0.25, 0.3) is 0 Å². The van der Waals surface area contributed by atoms with E-state index in [2.05, 4.69) is 28.2 Å². The number of aromatic hydroxyl groups is 1. The van der Waals surface area contributed by atoms with Crippen LogP contribution in [0.2, 0.25) is 0 Å². The second kappa shape index (κ2) is 6.67. The van der Waals surface area contributed by atoms with E-state index in [1.807, 2.05) is 26.0 Å². The number of benzene rings is 1. The van der Waals surface area contributed by atoms with Crippen molar-refractivity contribution in [1.82, 2.24) is 15.1 Å². The van der Waals surface area contributed by atoms with Crippen LogP contribution in [0.5, 0.6) is 5.75 Å². The predicted molar refractivity (Wildman–Crippen MR) is 92.5 cm³/mol. The summed E-state index contributed by atoms with van der Waals surface area (Å²) in [5.74, 6) is 0.935. The summed E-state index contributed by atoms with van der Waals surface area (Å²) >= 11 is 0. The highest BCUT2D eigenvalue weighted by molar-refractivity contribution is 5.69. The summed E-state index contributed by atoms with van der Waals surface area (Å²) < 4.78 is 0. The van der Waals surface area contributed by atoms with E-state index >= 15 is 0 Å². The van der Waals surface area contributed by atoms with E-state index in [0.29, 0.717) is 5.92 Å². The molecule has 23 heavy (non-hydrogen) atoms. The first kappa shape index (κ1) is 15.9. The number of aryl methyl sites for hydroxylation is 2. The van der Waals surface area contributed by atoms with Crippen molar-refractivity contribution in [2.24, 2.45) is 5.92 Å². The van der Waals surface area contributed by atoms with E-state index < -0.39 is 0 Å². The zero-order chi connectivity index (χ0) is 16.4. The van der Waals surface area contributed by atoms with Crippen molar-refractivity contribution in [1.29, 1.82) is 0 Å². The molecule has 1 aromatic carbocycles. The van der Waals surface area contributed by atoms with E-state index in [1.165, 1.54) is 19.4 Å². The van der Waals surface area contributed by atoms with Crippen LogP contribution in [0.25, 0.3) is 11.3 Å². The van der Waals surface area contributed by atoms with Crippen molar-refractivity contribution < 1.29 is 5.11 Å². The van der Waals surface area contributed by atoms with Gasteiger partial charge in [0.1, 0.15) is 5.75 Å². The topological polar surface area (TPSA) is 49.2 Å². The summed E-state index contributed by atoms with van der Waals surface area (Å²) in [5.41, 5.74) is 4.68. The Morgan fingerprint density at radius 3 is 2.74 bits per heavy atom. The van der Waals surface area contributed by atoms with Gasteiger partial charge in [0, 0.05) is 12.1 Å². The van der Waals surface area contributed by atoms with Crippen LogP contribution in [0, 0.1) is 19.8 Å². The zero-order valence-corrected chi connectivity index (χ0v) is 14.2. The number of phenolic OH excluding ortho intramolecular Hbond substituents is 1. The van der Waals surface area contributed by atoms with Gasteiger partial charge < -0.3 is 10.0 Å². The van der Waals surface area contributed by atoms with Gasteiger partial charge in [-0.1, -0.05) is 6.07 Å². The molecule has 1 atom stereocenters. The third kappa shape index (κ3) is 3.70. The van der Waals surface area contributed by atoms with Crippen LogP contribution in [0.4, 0.5) is 0 Å². The molecular formula is C19H25N3O. The Hall–Kier alpha value is -1.94. The Bertz CT molecular complexity index is 699. The first-order valence-corrected chi connectivity index (χ1v) is 8.34. The molecule has 3 rings (SSSR count). The lowest BCUT2D eigenvalue weighted by Gasteiger charge is -2.29. The van der Waals surface area contributed by atoms with E-state index in [0.717, 1.165) is 41.0 Å². The molecule has 0 amide bonds. The van der Waals surface area contributed by atoms with Gasteiger partial charge in [-0.15, -0.1) is 5.10 Å². The molecule has 1 aliphatic heterocycles. The molecule has 2 aromatic rings. The van der Waals surface area contributed by atoms with E-state index in [4.69, 9.17) is 0 Å². The molecule has 0 unspecified atom stereocenters. The zero-order valence-electron chi connectivity index (χ0n) is 14.2. The molecule has 122 valence electrons. The fourth-order valence-corrected chi connectivity index (χ4v) is 3.48.